The Hall–Kier alpha value is -1.92. The Kier molecular flexibility index (Phi) is 7.67. The third kappa shape index (κ3) is 5.58. The lowest BCUT2D eigenvalue weighted by Crippen LogP contribution is -2.51. The van der Waals surface area contributed by atoms with Crippen LogP contribution in [0.2, 0.25) is 5.02 Å². The molecule has 0 bridgehead atoms. The van der Waals surface area contributed by atoms with Crippen molar-refractivity contribution in [3.8, 4) is 11.4 Å². The highest BCUT2D eigenvalue weighted by molar-refractivity contribution is 14.0. The molecule has 2 N–H and O–H groups in total. The monoisotopic (exact) mass is 545 g/mol. The SMILES string of the molecule is I.NC(=NCCc1nc(-c2cccc(Cl)c2)no1)N1CCN(c2nccs2)CC1. The molecule has 1 aliphatic rings. The zero-order valence-electron chi connectivity index (χ0n) is 15.6. The molecular formula is C18H21ClIN7OS. The summed E-state index contributed by atoms with van der Waals surface area (Å²) in [5, 5.41) is 7.69. The van der Waals surface area contributed by atoms with Gasteiger partial charge in [-0.1, -0.05) is 28.9 Å². The molecule has 3 heterocycles. The molecule has 0 amide bonds. The molecule has 11 heteroatoms. The molecule has 2 aromatic heterocycles. The first-order valence-electron chi connectivity index (χ1n) is 8.97. The standard InChI is InChI=1S/C18H20ClN7OS.HI/c19-14-3-1-2-13(12-14)16-23-15(27-24-16)4-5-21-17(20)25-7-9-26(10-8-25)18-22-6-11-28-18;/h1-3,6,11-12H,4-5,7-10H2,(H2,20,21);1H. The van der Waals surface area contributed by atoms with E-state index in [1.807, 2.05) is 23.7 Å². The van der Waals surface area contributed by atoms with Crippen LogP contribution in [0, 0.1) is 0 Å². The summed E-state index contributed by atoms with van der Waals surface area (Å²) in [5.74, 6) is 1.60. The number of rotatable bonds is 5. The van der Waals surface area contributed by atoms with Crippen LogP contribution >= 0.6 is 46.9 Å². The van der Waals surface area contributed by atoms with Crippen molar-refractivity contribution in [2.45, 2.75) is 6.42 Å². The highest BCUT2D eigenvalue weighted by Crippen LogP contribution is 2.20. The van der Waals surface area contributed by atoms with Crippen molar-refractivity contribution in [2.24, 2.45) is 10.7 Å². The molecule has 0 aliphatic carbocycles. The van der Waals surface area contributed by atoms with Crippen LogP contribution in [-0.4, -0.2) is 58.7 Å². The predicted octanol–water partition coefficient (Wildman–Crippen LogP) is 3.14. The average molecular weight is 546 g/mol. The Morgan fingerprint density at radius 2 is 2.10 bits per heavy atom. The van der Waals surface area contributed by atoms with Gasteiger partial charge in [0.1, 0.15) is 0 Å². The van der Waals surface area contributed by atoms with Gasteiger partial charge in [-0.15, -0.1) is 35.3 Å². The van der Waals surface area contributed by atoms with Gasteiger partial charge in [0, 0.05) is 54.8 Å². The van der Waals surface area contributed by atoms with Gasteiger partial charge in [0.05, 0.1) is 6.54 Å². The Morgan fingerprint density at radius 1 is 1.28 bits per heavy atom. The van der Waals surface area contributed by atoms with E-state index in [9.17, 15) is 0 Å². The van der Waals surface area contributed by atoms with Crippen molar-refractivity contribution in [1.29, 1.82) is 0 Å². The van der Waals surface area contributed by atoms with Crippen molar-refractivity contribution >= 4 is 58.0 Å². The maximum Gasteiger partial charge on any atom is 0.228 e. The molecule has 0 spiro atoms. The van der Waals surface area contributed by atoms with E-state index in [-0.39, 0.29) is 24.0 Å². The van der Waals surface area contributed by atoms with Gasteiger partial charge in [-0.3, -0.25) is 4.99 Å². The molecule has 0 unspecified atom stereocenters. The fraction of sp³-hybridized carbons (Fsp3) is 0.333. The van der Waals surface area contributed by atoms with Gasteiger partial charge in [-0.2, -0.15) is 4.98 Å². The molecule has 29 heavy (non-hydrogen) atoms. The van der Waals surface area contributed by atoms with Crippen LogP contribution in [0.15, 0.2) is 45.4 Å². The number of nitrogens with two attached hydrogens (primary N) is 1. The van der Waals surface area contributed by atoms with Crippen molar-refractivity contribution in [3.63, 3.8) is 0 Å². The molecule has 4 rings (SSSR count). The fourth-order valence-electron chi connectivity index (χ4n) is 2.97. The van der Waals surface area contributed by atoms with Gasteiger partial charge in [0.25, 0.3) is 0 Å². The minimum atomic E-state index is 0. The van der Waals surface area contributed by atoms with Gasteiger partial charge in [0.2, 0.25) is 11.7 Å². The van der Waals surface area contributed by atoms with Gasteiger partial charge < -0.3 is 20.1 Å². The van der Waals surface area contributed by atoms with Crippen molar-refractivity contribution in [2.75, 3.05) is 37.6 Å². The van der Waals surface area contributed by atoms with Crippen LogP contribution in [-0.2, 0) is 6.42 Å². The van der Waals surface area contributed by atoms with E-state index >= 15 is 0 Å². The summed E-state index contributed by atoms with van der Waals surface area (Å²) >= 11 is 7.66. The molecule has 1 aliphatic heterocycles. The number of aliphatic imine (C=N–C) groups is 1. The molecule has 1 aromatic carbocycles. The van der Waals surface area contributed by atoms with E-state index in [0.29, 0.717) is 35.7 Å². The smallest absolute Gasteiger partial charge is 0.228 e. The Labute approximate surface area is 194 Å². The molecule has 0 atom stereocenters. The van der Waals surface area contributed by atoms with Gasteiger partial charge >= 0.3 is 0 Å². The molecule has 8 nitrogen and oxygen atoms in total. The van der Waals surface area contributed by atoms with E-state index in [1.165, 1.54) is 0 Å². The van der Waals surface area contributed by atoms with Crippen LogP contribution in [0.1, 0.15) is 5.89 Å². The van der Waals surface area contributed by atoms with Crippen molar-refractivity contribution in [1.82, 2.24) is 20.0 Å². The third-order valence-corrected chi connectivity index (χ3v) is 5.51. The zero-order valence-corrected chi connectivity index (χ0v) is 19.5. The van der Waals surface area contributed by atoms with Crippen molar-refractivity contribution in [3.05, 3.63) is 46.8 Å². The number of thiazole rings is 1. The Bertz CT molecular complexity index is 941. The van der Waals surface area contributed by atoms with Crippen LogP contribution < -0.4 is 10.6 Å². The highest BCUT2D eigenvalue weighted by atomic mass is 127. The number of hydrogen-bond acceptors (Lipinski definition) is 7. The predicted molar refractivity (Wildman–Crippen MR) is 126 cm³/mol. The number of aromatic nitrogens is 3. The molecule has 154 valence electrons. The first-order chi connectivity index (χ1) is 13.7. The Balaban J connectivity index is 0.00000240. The largest absolute Gasteiger partial charge is 0.370 e. The topological polar surface area (TPSA) is 96.7 Å². The molecule has 0 saturated carbocycles. The first kappa shape index (κ1) is 21.8. The van der Waals surface area contributed by atoms with Gasteiger partial charge in [-0.25, -0.2) is 4.98 Å². The molecule has 1 fully saturated rings. The molecule has 1 saturated heterocycles. The normalized spacial score (nSPS) is 14.7. The second-order valence-electron chi connectivity index (χ2n) is 6.30. The number of halogens is 2. The molecule has 3 aromatic rings. The minimum absolute atomic E-state index is 0. The summed E-state index contributed by atoms with van der Waals surface area (Å²) in [6.07, 6.45) is 2.37. The summed E-state index contributed by atoms with van der Waals surface area (Å²) in [5.41, 5.74) is 6.98. The first-order valence-corrected chi connectivity index (χ1v) is 10.2. The third-order valence-electron chi connectivity index (χ3n) is 4.44. The molecule has 0 radical (unpaired) electrons. The summed E-state index contributed by atoms with van der Waals surface area (Å²) in [4.78, 5) is 17.6. The quantitative estimate of drug-likeness (QED) is 0.299. The van der Waals surface area contributed by atoms with E-state index < -0.39 is 0 Å². The van der Waals surface area contributed by atoms with Crippen LogP contribution in [0.25, 0.3) is 11.4 Å². The number of guanidine groups is 1. The summed E-state index contributed by atoms with van der Waals surface area (Å²) in [6.45, 7) is 3.92. The molecular weight excluding hydrogens is 525 g/mol. The van der Waals surface area contributed by atoms with E-state index in [0.717, 1.165) is 36.9 Å². The highest BCUT2D eigenvalue weighted by Gasteiger charge is 2.19. The summed E-state index contributed by atoms with van der Waals surface area (Å²) in [7, 11) is 0. The number of anilines is 1. The second-order valence-corrected chi connectivity index (χ2v) is 7.61. The Morgan fingerprint density at radius 3 is 2.83 bits per heavy atom. The van der Waals surface area contributed by atoms with E-state index in [4.69, 9.17) is 21.9 Å². The van der Waals surface area contributed by atoms with Crippen LogP contribution in [0.5, 0.6) is 0 Å². The van der Waals surface area contributed by atoms with Crippen LogP contribution in [0.4, 0.5) is 5.13 Å². The van der Waals surface area contributed by atoms with Gasteiger partial charge in [0.15, 0.2) is 11.1 Å². The zero-order chi connectivity index (χ0) is 19.3. The lowest BCUT2D eigenvalue weighted by atomic mass is 10.2. The van der Waals surface area contributed by atoms with Crippen LogP contribution in [0.3, 0.4) is 0 Å². The number of piperazine rings is 1. The number of hydrogen-bond donors (Lipinski definition) is 1. The summed E-state index contributed by atoms with van der Waals surface area (Å²) < 4.78 is 5.30. The second kappa shape index (κ2) is 10.2. The van der Waals surface area contributed by atoms with Crippen molar-refractivity contribution < 1.29 is 4.52 Å². The lowest BCUT2D eigenvalue weighted by molar-refractivity contribution is 0.374. The lowest BCUT2D eigenvalue weighted by Gasteiger charge is -2.35. The average Bonchev–Trinajstić information content (AvgIpc) is 3.40. The van der Waals surface area contributed by atoms with Gasteiger partial charge in [-0.05, 0) is 12.1 Å². The maximum atomic E-state index is 6.15. The number of benzene rings is 1. The summed E-state index contributed by atoms with van der Waals surface area (Å²) in [6, 6.07) is 7.35. The fourth-order valence-corrected chi connectivity index (χ4v) is 3.85. The van der Waals surface area contributed by atoms with E-state index in [2.05, 4.69) is 29.9 Å². The minimum Gasteiger partial charge on any atom is -0.370 e. The maximum absolute atomic E-state index is 6.15. The number of nitrogens with zero attached hydrogens (tertiary/aromatic N) is 6. The van der Waals surface area contributed by atoms with E-state index in [1.54, 1.807) is 23.5 Å².